The van der Waals surface area contributed by atoms with Crippen LogP contribution in [0.4, 0.5) is 0 Å². The van der Waals surface area contributed by atoms with Gasteiger partial charge in [-0.25, -0.2) is 0 Å². The normalized spacial score (nSPS) is 24.6. The topological polar surface area (TPSA) is 17.1 Å². The largest absolute Gasteiger partial charge is 0.298 e. The molecule has 110 valence electrons. The summed E-state index contributed by atoms with van der Waals surface area (Å²) in [5.74, 6) is 3.17. The van der Waals surface area contributed by atoms with E-state index in [0.717, 1.165) is 29.6 Å². The van der Waals surface area contributed by atoms with E-state index in [9.17, 15) is 4.79 Å². The monoisotopic (exact) mass is 272 g/mol. The predicted molar refractivity (Wildman–Crippen MR) is 85.1 cm³/mol. The molecule has 0 bridgehead atoms. The summed E-state index contributed by atoms with van der Waals surface area (Å²) in [7, 11) is 0. The smallest absolute Gasteiger partial charge is 0.150 e. The van der Waals surface area contributed by atoms with Crippen LogP contribution < -0.4 is 0 Å². The Balaban J connectivity index is 1.99. The van der Waals surface area contributed by atoms with Gasteiger partial charge in [0.25, 0.3) is 0 Å². The molecule has 1 heteroatoms. The highest BCUT2D eigenvalue weighted by Gasteiger charge is 2.27. The first kappa shape index (κ1) is 15.3. The summed E-state index contributed by atoms with van der Waals surface area (Å²) >= 11 is 0. The van der Waals surface area contributed by atoms with Crippen LogP contribution in [0.5, 0.6) is 0 Å². The fraction of sp³-hybridized carbons (Fsp3) is 0.632. The minimum Gasteiger partial charge on any atom is -0.298 e. The summed E-state index contributed by atoms with van der Waals surface area (Å²) in [6, 6.07) is 8.18. The van der Waals surface area contributed by atoms with Crippen LogP contribution in [0.15, 0.2) is 24.3 Å². The first-order valence-electron chi connectivity index (χ1n) is 8.15. The second-order valence-corrected chi connectivity index (χ2v) is 7.00. The Morgan fingerprint density at radius 1 is 1.15 bits per heavy atom. The second kappa shape index (κ2) is 7.06. The maximum absolute atomic E-state index is 10.7. The lowest BCUT2D eigenvalue weighted by Crippen LogP contribution is -2.21. The quantitative estimate of drug-likeness (QED) is 0.651. The number of hydrogen-bond donors (Lipinski definition) is 0. The van der Waals surface area contributed by atoms with Crippen LogP contribution in [0.2, 0.25) is 0 Å². The highest BCUT2D eigenvalue weighted by Crippen LogP contribution is 2.40. The zero-order valence-electron chi connectivity index (χ0n) is 13.1. The van der Waals surface area contributed by atoms with Gasteiger partial charge in [-0.05, 0) is 48.5 Å². The van der Waals surface area contributed by atoms with Crippen LogP contribution in [-0.4, -0.2) is 6.29 Å². The molecule has 1 fully saturated rings. The molecule has 3 atom stereocenters. The van der Waals surface area contributed by atoms with Gasteiger partial charge in [0.1, 0.15) is 6.29 Å². The summed E-state index contributed by atoms with van der Waals surface area (Å²) in [6.45, 7) is 7.04. The number of hydrogen-bond acceptors (Lipinski definition) is 1. The van der Waals surface area contributed by atoms with Crippen molar-refractivity contribution in [2.45, 2.75) is 58.8 Å². The van der Waals surface area contributed by atoms with E-state index in [1.54, 1.807) is 0 Å². The van der Waals surface area contributed by atoms with Crippen LogP contribution >= 0.6 is 0 Å². The van der Waals surface area contributed by atoms with Gasteiger partial charge in [0.05, 0.1) is 0 Å². The highest BCUT2D eigenvalue weighted by molar-refractivity contribution is 5.74. The summed E-state index contributed by atoms with van der Waals surface area (Å²) in [6.07, 6.45) is 7.87. The first-order valence-corrected chi connectivity index (χ1v) is 8.15. The predicted octanol–water partition coefficient (Wildman–Crippen LogP) is 5.46. The molecule has 0 heterocycles. The molecule has 0 aliphatic heterocycles. The zero-order chi connectivity index (χ0) is 14.5. The summed E-state index contributed by atoms with van der Waals surface area (Å²) in [5, 5.41) is 0. The molecule has 1 saturated carbocycles. The van der Waals surface area contributed by atoms with Gasteiger partial charge in [0.2, 0.25) is 0 Å². The van der Waals surface area contributed by atoms with Gasteiger partial charge < -0.3 is 0 Å². The Kier molecular flexibility index (Phi) is 5.39. The van der Waals surface area contributed by atoms with Gasteiger partial charge in [0.15, 0.2) is 0 Å². The van der Waals surface area contributed by atoms with Gasteiger partial charge in [-0.15, -0.1) is 0 Å². The molecule has 1 nitrogen and oxygen atoms in total. The van der Waals surface area contributed by atoms with Gasteiger partial charge >= 0.3 is 0 Å². The number of carbonyl (C=O) groups excluding carboxylic acids is 1. The lowest BCUT2D eigenvalue weighted by molar-refractivity contribution is 0.112. The van der Waals surface area contributed by atoms with Crippen LogP contribution in [0.1, 0.15) is 74.7 Å². The minimum atomic E-state index is 0.616. The van der Waals surface area contributed by atoms with E-state index in [1.807, 2.05) is 12.1 Å². The fourth-order valence-electron chi connectivity index (χ4n) is 3.82. The number of carbonyl (C=O) groups is 1. The van der Waals surface area contributed by atoms with Crippen molar-refractivity contribution < 1.29 is 4.79 Å². The van der Waals surface area contributed by atoms with Gasteiger partial charge in [-0.1, -0.05) is 57.9 Å². The lowest BCUT2D eigenvalue weighted by atomic mass is 9.71. The second-order valence-electron chi connectivity index (χ2n) is 7.00. The van der Waals surface area contributed by atoms with E-state index in [0.29, 0.717) is 5.92 Å². The third-order valence-corrected chi connectivity index (χ3v) is 4.93. The maximum Gasteiger partial charge on any atom is 0.150 e. The van der Waals surface area contributed by atoms with E-state index < -0.39 is 0 Å². The van der Waals surface area contributed by atoms with E-state index in [2.05, 4.69) is 32.9 Å². The first-order chi connectivity index (χ1) is 9.60. The van der Waals surface area contributed by atoms with Crippen molar-refractivity contribution in [1.82, 2.24) is 0 Å². The average molecular weight is 272 g/mol. The molecule has 0 aromatic heterocycles. The Hall–Kier alpha value is -1.11. The molecule has 0 spiro atoms. The van der Waals surface area contributed by atoms with Crippen molar-refractivity contribution in [3.05, 3.63) is 35.4 Å². The van der Waals surface area contributed by atoms with Gasteiger partial charge in [-0.2, -0.15) is 0 Å². The Morgan fingerprint density at radius 3 is 2.45 bits per heavy atom. The Bertz CT molecular complexity index is 418. The lowest BCUT2D eigenvalue weighted by Gasteiger charge is -2.34. The molecule has 20 heavy (non-hydrogen) atoms. The van der Waals surface area contributed by atoms with E-state index in [4.69, 9.17) is 0 Å². The van der Waals surface area contributed by atoms with Crippen molar-refractivity contribution in [2.75, 3.05) is 0 Å². The molecular formula is C19H28O. The van der Waals surface area contributed by atoms with Crippen LogP contribution in [-0.2, 0) is 0 Å². The molecule has 0 N–H and O–H groups in total. The van der Waals surface area contributed by atoms with E-state index >= 15 is 0 Å². The maximum atomic E-state index is 10.7. The summed E-state index contributed by atoms with van der Waals surface area (Å²) in [5.41, 5.74) is 2.17. The molecule has 2 rings (SSSR count). The fourth-order valence-corrected chi connectivity index (χ4v) is 3.82. The molecule has 0 radical (unpaired) electrons. The molecule has 0 saturated heterocycles. The number of aldehydes is 1. The Labute approximate surface area is 123 Å². The van der Waals surface area contributed by atoms with Crippen molar-refractivity contribution in [3.8, 4) is 0 Å². The van der Waals surface area contributed by atoms with Crippen molar-refractivity contribution in [1.29, 1.82) is 0 Å². The third kappa shape index (κ3) is 3.94. The van der Waals surface area contributed by atoms with E-state index in [1.165, 1.54) is 37.7 Å². The average Bonchev–Trinajstić information content (AvgIpc) is 2.46. The van der Waals surface area contributed by atoms with E-state index in [-0.39, 0.29) is 0 Å². The molecular weight excluding hydrogens is 244 g/mol. The molecule has 1 aromatic rings. The van der Waals surface area contributed by atoms with Crippen molar-refractivity contribution in [2.24, 2.45) is 17.8 Å². The molecule has 0 unspecified atom stereocenters. The molecule has 1 aliphatic carbocycles. The summed E-state index contributed by atoms with van der Waals surface area (Å²) in [4.78, 5) is 10.7. The third-order valence-electron chi connectivity index (χ3n) is 4.93. The van der Waals surface area contributed by atoms with Crippen molar-refractivity contribution >= 4 is 6.29 Å². The Morgan fingerprint density at radius 2 is 1.85 bits per heavy atom. The number of rotatable bonds is 5. The van der Waals surface area contributed by atoms with Gasteiger partial charge in [-0.3, -0.25) is 4.79 Å². The SMILES string of the molecule is CC(C)C[C@H]1CCC[C@@H]([C@@H](C)c2ccc(C=O)cc2)C1. The van der Waals surface area contributed by atoms with Gasteiger partial charge in [0, 0.05) is 5.56 Å². The van der Waals surface area contributed by atoms with Crippen molar-refractivity contribution in [3.63, 3.8) is 0 Å². The zero-order valence-corrected chi connectivity index (χ0v) is 13.1. The minimum absolute atomic E-state index is 0.616. The van der Waals surface area contributed by atoms with Crippen LogP contribution in [0, 0.1) is 17.8 Å². The van der Waals surface area contributed by atoms with Crippen LogP contribution in [0.3, 0.4) is 0 Å². The molecule has 1 aliphatic rings. The molecule has 1 aromatic carbocycles. The highest BCUT2D eigenvalue weighted by atomic mass is 16.1. The standard InChI is InChI=1S/C19H28O/c1-14(2)11-17-5-4-6-19(12-17)15(3)18-9-7-16(13-20)8-10-18/h7-10,13-15,17,19H,4-6,11-12H2,1-3H3/t15-,17+,19+/m0/s1. The van der Waals surface area contributed by atoms with Crippen LogP contribution in [0.25, 0.3) is 0 Å². The summed E-state index contributed by atoms with van der Waals surface area (Å²) < 4.78 is 0. The molecule has 0 amide bonds. The number of benzene rings is 1.